The van der Waals surface area contributed by atoms with Crippen LogP contribution in [0.4, 0.5) is 0 Å². The van der Waals surface area contributed by atoms with Crippen LogP contribution in [-0.4, -0.2) is 30.4 Å². The average Bonchev–Trinajstić information content (AvgIpc) is 2.81. The maximum Gasteiger partial charge on any atom is 0.331 e. The molecule has 1 amide bonds. The number of hydrogen-bond donors (Lipinski definition) is 1. The first-order chi connectivity index (χ1) is 10.1. The third-order valence-electron chi connectivity index (χ3n) is 2.33. The minimum Gasteiger partial charge on any atom is -0.466 e. The highest BCUT2D eigenvalue weighted by atomic mass is 35.5. The molecule has 1 heterocycles. The van der Waals surface area contributed by atoms with E-state index in [1.165, 1.54) is 13.3 Å². The number of esters is 1. The topological polar surface area (TPSA) is 80.1 Å². The van der Waals surface area contributed by atoms with Crippen LogP contribution in [0.25, 0.3) is 0 Å². The molecule has 0 saturated carbocycles. The van der Waals surface area contributed by atoms with Gasteiger partial charge in [-0.3, -0.25) is 10.1 Å². The Morgan fingerprint density at radius 2 is 2.10 bits per heavy atom. The van der Waals surface area contributed by atoms with Crippen LogP contribution in [-0.2, 0) is 14.3 Å². The van der Waals surface area contributed by atoms with Crippen molar-refractivity contribution < 1.29 is 14.3 Å². The maximum absolute atomic E-state index is 11.6. The SMILES string of the molecule is COC(=O)/C=C1/S/C(=N\N=Cc2ccc(Cl)cc2)NC1=O. The summed E-state index contributed by atoms with van der Waals surface area (Å²) in [6, 6.07) is 7.04. The zero-order valence-corrected chi connectivity index (χ0v) is 12.4. The van der Waals surface area contributed by atoms with Gasteiger partial charge < -0.3 is 4.74 Å². The predicted octanol–water partition coefficient (Wildman–Crippen LogP) is 1.95. The van der Waals surface area contributed by atoms with Gasteiger partial charge in [-0.1, -0.05) is 23.7 Å². The molecule has 21 heavy (non-hydrogen) atoms. The summed E-state index contributed by atoms with van der Waals surface area (Å²) < 4.78 is 4.46. The van der Waals surface area contributed by atoms with Crippen LogP contribution in [0.1, 0.15) is 5.56 Å². The number of halogens is 1. The number of hydrogen-bond acceptors (Lipinski definition) is 6. The minimum atomic E-state index is -0.599. The summed E-state index contributed by atoms with van der Waals surface area (Å²) in [5, 5.41) is 11.1. The van der Waals surface area contributed by atoms with Crippen LogP contribution in [0.3, 0.4) is 0 Å². The molecule has 1 fully saturated rings. The number of thioether (sulfide) groups is 1. The minimum absolute atomic E-state index is 0.210. The Labute approximate surface area is 129 Å². The Kier molecular flexibility index (Phi) is 5.13. The number of nitrogens with zero attached hydrogens (tertiary/aromatic N) is 2. The lowest BCUT2D eigenvalue weighted by Crippen LogP contribution is -2.19. The van der Waals surface area contributed by atoms with Gasteiger partial charge >= 0.3 is 5.97 Å². The second kappa shape index (κ2) is 7.05. The van der Waals surface area contributed by atoms with E-state index in [0.717, 1.165) is 23.4 Å². The van der Waals surface area contributed by atoms with Gasteiger partial charge in [0.15, 0.2) is 5.17 Å². The Hall–Kier alpha value is -2.12. The molecule has 2 rings (SSSR count). The monoisotopic (exact) mass is 323 g/mol. The fraction of sp³-hybridized carbons (Fsp3) is 0.0769. The average molecular weight is 324 g/mol. The van der Waals surface area contributed by atoms with E-state index in [1.807, 2.05) is 0 Å². The van der Waals surface area contributed by atoms with Gasteiger partial charge in [0.25, 0.3) is 5.91 Å². The number of benzene rings is 1. The highest BCUT2D eigenvalue weighted by molar-refractivity contribution is 8.18. The largest absolute Gasteiger partial charge is 0.466 e. The van der Waals surface area contributed by atoms with Gasteiger partial charge in [0.05, 0.1) is 18.2 Å². The van der Waals surface area contributed by atoms with Crippen molar-refractivity contribution in [3.8, 4) is 0 Å². The lowest BCUT2D eigenvalue weighted by molar-refractivity contribution is -0.135. The van der Waals surface area contributed by atoms with Gasteiger partial charge in [0.2, 0.25) is 0 Å². The molecule has 0 bridgehead atoms. The number of amidine groups is 1. The molecule has 108 valence electrons. The van der Waals surface area contributed by atoms with E-state index in [-0.39, 0.29) is 4.91 Å². The highest BCUT2D eigenvalue weighted by Crippen LogP contribution is 2.23. The summed E-state index contributed by atoms with van der Waals surface area (Å²) in [6.07, 6.45) is 2.63. The molecular weight excluding hydrogens is 314 g/mol. The normalized spacial score (nSPS) is 18.5. The fourth-order valence-electron chi connectivity index (χ4n) is 1.34. The number of rotatable bonds is 3. The van der Waals surface area contributed by atoms with Crippen molar-refractivity contribution in [2.75, 3.05) is 7.11 Å². The quantitative estimate of drug-likeness (QED) is 0.399. The van der Waals surface area contributed by atoms with Crippen LogP contribution < -0.4 is 5.32 Å². The molecule has 0 aliphatic carbocycles. The molecular formula is C13H10ClN3O3S. The van der Waals surface area contributed by atoms with Gasteiger partial charge in [0.1, 0.15) is 0 Å². The number of methoxy groups -OCH3 is 1. The smallest absolute Gasteiger partial charge is 0.331 e. The molecule has 0 unspecified atom stereocenters. The molecule has 1 saturated heterocycles. The second-order valence-electron chi connectivity index (χ2n) is 3.79. The summed E-state index contributed by atoms with van der Waals surface area (Å²) in [6.45, 7) is 0. The first-order valence-electron chi connectivity index (χ1n) is 5.74. The molecule has 6 nitrogen and oxygen atoms in total. The number of ether oxygens (including phenoxy) is 1. The van der Waals surface area contributed by atoms with E-state index in [1.54, 1.807) is 24.3 Å². The molecule has 0 spiro atoms. The summed E-state index contributed by atoms with van der Waals surface area (Å²) in [5.41, 5.74) is 0.823. The standard InChI is InChI=1S/C13H10ClN3O3S/c1-20-11(18)6-10-12(19)16-13(21-10)17-15-7-8-2-4-9(14)5-3-8/h2-7H,1H3,(H,16,17,19)/b10-6+,15-7?. The zero-order chi connectivity index (χ0) is 15.2. The summed E-state index contributed by atoms with van der Waals surface area (Å²) in [4.78, 5) is 22.8. The second-order valence-corrected chi connectivity index (χ2v) is 5.26. The van der Waals surface area contributed by atoms with Gasteiger partial charge in [-0.15, -0.1) is 5.10 Å². The van der Waals surface area contributed by atoms with Gasteiger partial charge in [-0.25, -0.2) is 4.79 Å². The van der Waals surface area contributed by atoms with Crippen LogP contribution in [0.2, 0.25) is 5.02 Å². The van der Waals surface area contributed by atoms with Crippen molar-refractivity contribution in [1.29, 1.82) is 0 Å². The van der Waals surface area contributed by atoms with Crippen molar-refractivity contribution in [2.45, 2.75) is 0 Å². The number of carbonyl (C=O) groups excluding carboxylic acids is 2. The van der Waals surface area contributed by atoms with E-state index in [4.69, 9.17) is 11.6 Å². The number of carbonyl (C=O) groups is 2. The van der Waals surface area contributed by atoms with Gasteiger partial charge in [-0.2, -0.15) is 5.10 Å². The molecule has 1 aromatic rings. The molecule has 1 aliphatic rings. The van der Waals surface area contributed by atoms with Gasteiger partial charge in [-0.05, 0) is 29.5 Å². The maximum atomic E-state index is 11.6. The molecule has 1 aromatic carbocycles. The lowest BCUT2D eigenvalue weighted by Gasteiger charge is -1.92. The third kappa shape index (κ3) is 4.44. The fourth-order valence-corrected chi connectivity index (χ4v) is 2.20. The van der Waals surface area contributed by atoms with Crippen molar-refractivity contribution in [3.63, 3.8) is 0 Å². The summed E-state index contributed by atoms with van der Waals surface area (Å²) in [7, 11) is 1.24. The van der Waals surface area contributed by atoms with E-state index in [0.29, 0.717) is 10.2 Å². The summed E-state index contributed by atoms with van der Waals surface area (Å²) >= 11 is 6.78. The van der Waals surface area contributed by atoms with Crippen molar-refractivity contribution in [2.24, 2.45) is 10.2 Å². The zero-order valence-electron chi connectivity index (χ0n) is 10.9. The molecule has 1 aliphatic heterocycles. The molecule has 0 atom stereocenters. The Morgan fingerprint density at radius 1 is 1.38 bits per heavy atom. The number of nitrogens with one attached hydrogen (secondary N) is 1. The Bertz CT molecular complexity index is 653. The molecule has 1 N–H and O–H groups in total. The van der Waals surface area contributed by atoms with Crippen molar-refractivity contribution in [1.82, 2.24) is 5.32 Å². The Balaban J connectivity index is 2.03. The van der Waals surface area contributed by atoms with Crippen LogP contribution in [0.5, 0.6) is 0 Å². The van der Waals surface area contributed by atoms with E-state index >= 15 is 0 Å². The van der Waals surface area contributed by atoms with Gasteiger partial charge in [0, 0.05) is 11.1 Å². The van der Waals surface area contributed by atoms with Crippen molar-refractivity contribution >= 4 is 46.6 Å². The number of amides is 1. The molecule has 0 aromatic heterocycles. The van der Waals surface area contributed by atoms with E-state index in [2.05, 4.69) is 20.3 Å². The van der Waals surface area contributed by atoms with Crippen LogP contribution in [0, 0.1) is 0 Å². The van der Waals surface area contributed by atoms with Crippen LogP contribution >= 0.6 is 23.4 Å². The Morgan fingerprint density at radius 3 is 2.76 bits per heavy atom. The molecule has 8 heteroatoms. The first-order valence-corrected chi connectivity index (χ1v) is 6.93. The highest BCUT2D eigenvalue weighted by Gasteiger charge is 2.24. The van der Waals surface area contributed by atoms with Crippen LogP contribution in [0.15, 0.2) is 45.4 Å². The van der Waals surface area contributed by atoms with Crippen molar-refractivity contribution in [3.05, 3.63) is 45.8 Å². The first kappa shape index (κ1) is 15.3. The lowest BCUT2D eigenvalue weighted by atomic mass is 10.2. The van der Waals surface area contributed by atoms with E-state index < -0.39 is 11.9 Å². The summed E-state index contributed by atoms with van der Waals surface area (Å²) in [5.74, 6) is -1.01. The molecule has 0 radical (unpaired) electrons. The third-order valence-corrected chi connectivity index (χ3v) is 3.48. The predicted molar refractivity (Wildman–Crippen MR) is 82.3 cm³/mol. The van der Waals surface area contributed by atoms with E-state index in [9.17, 15) is 9.59 Å².